The number of aliphatic hydroxyl groups excluding tert-OH is 1. The van der Waals surface area contributed by atoms with Gasteiger partial charge in [0.1, 0.15) is 6.10 Å². The van der Waals surface area contributed by atoms with E-state index >= 15 is 0 Å². The highest BCUT2D eigenvalue weighted by molar-refractivity contribution is 5.89. The van der Waals surface area contributed by atoms with Gasteiger partial charge in [0.15, 0.2) is 0 Å². The zero-order valence-corrected chi connectivity index (χ0v) is 7.59. The molecule has 74 valence electrons. The van der Waals surface area contributed by atoms with E-state index in [0.29, 0.717) is 6.54 Å². The molecule has 1 aliphatic heterocycles. The van der Waals surface area contributed by atoms with Crippen molar-refractivity contribution in [2.75, 3.05) is 18.1 Å². The van der Waals surface area contributed by atoms with Gasteiger partial charge in [-0.25, -0.2) is 4.79 Å². The van der Waals surface area contributed by atoms with E-state index in [1.165, 1.54) is 4.90 Å². The van der Waals surface area contributed by atoms with Gasteiger partial charge in [-0.2, -0.15) is 0 Å². The predicted molar refractivity (Wildman–Crippen MR) is 51.1 cm³/mol. The molecule has 1 saturated heterocycles. The third-order valence-electron chi connectivity index (χ3n) is 2.15. The van der Waals surface area contributed by atoms with Crippen molar-refractivity contribution in [2.24, 2.45) is 0 Å². The molecule has 0 saturated carbocycles. The van der Waals surface area contributed by atoms with Crippen molar-refractivity contribution in [3.05, 3.63) is 30.3 Å². The van der Waals surface area contributed by atoms with Crippen LogP contribution in [0.2, 0.25) is 0 Å². The fourth-order valence-electron chi connectivity index (χ4n) is 1.44. The molecule has 0 radical (unpaired) electrons. The maximum Gasteiger partial charge on any atom is 0.414 e. The number of rotatable bonds is 2. The molecule has 1 atom stereocenters. The van der Waals surface area contributed by atoms with Crippen LogP contribution in [0.3, 0.4) is 0 Å². The number of benzene rings is 1. The van der Waals surface area contributed by atoms with Gasteiger partial charge in [-0.05, 0) is 12.1 Å². The highest BCUT2D eigenvalue weighted by Gasteiger charge is 2.31. The third kappa shape index (κ3) is 1.56. The predicted octanol–water partition coefficient (Wildman–Crippen LogP) is 1.00. The van der Waals surface area contributed by atoms with Crippen molar-refractivity contribution in [1.82, 2.24) is 0 Å². The number of hydrogen-bond acceptors (Lipinski definition) is 3. The lowest BCUT2D eigenvalue weighted by Crippen LogP contribution is -2.25. The first-order valence-electron chi connectivity index (χ1n) is 4.45. The van der Waals surface area contributed by atoms with E-state index in [1.807, 2.05) is 30.3 Å². The monoisotopic (exact) mass is 193 g/mol. The molecule has 0 aromatic heterocycles. The number of hydrogen-bond donors (Lipinski definition) is 1. The van der Waals surface area contributed by atoms with Crippen LogP contribution in [0.25, 0.3) is 0 Å². The Morgan fingerprint density at radius 3 is 2.71 bits per heavy atom. The van der Waals surface area contributed by atoms with Crippen LogP contribution in [0.4, 0.5) is 10.5 Å². The van der Waals surface area contributed by atoms with Crippen LogP contribution < -0.4 is 4.90 Å². The quantitative estimate of drug-likeness (QED) is 0.762. The molecule has 0 spiro atoms. The Kier molecular flexibility index (Phi) is 2.37. The Morgan fingerprint density at radius 1 is 1.43 bits per heavy atom. The van der Waals surface area contributed by atoms with Gasteiger partial charge in [-0.3, -0.25) is 4.90 Å². The van der Waals surface area contributed by atoms with Crippen LogP contribution in [-0.4, -0.2) is 30.5 Å². The number of amides is 1. The highest BCUT2D eigenvalue weighted by atomic mass is 16.6. The minimum absolute atomic E-state index is 0.130. The van der Waals surface area contributed by atoms with Gasteiger partial charge < -0.3 is 9.84 Å². The Balaban J connectivity index is 2.17. The second-order valence-electron chi connectivity index (χ2n) is 3.13. The Morgan fingerprint density at radius 2 is 2.14 bits per heavy atom. The van der Waals surface area contributed by atoms with Gasteiger partial charge in [0, 0.05) is 5.69 Å². The number of anilines is 1. The number of cyclic esters (lactones) is 1. The SMILES string of the molecule is O=C1O[C@H](CO)CN1c1ccccc1. The lowest BCUT2D eigenvalue weighted by Gasteiger charge is -2.11. The molecular formula is C10H11NO3. The number of nitrogens with zero attached hydrogens (tertiary/aromatic N) is 1. The van der Waals surface area contributed by atoms with Gasteiger partial charge in [0.05, 0.1) is 13.2 Å². The fraction of sp³-hybridized carbons (Fsp3) is 0.300. The van der Waals surface area contributed by atoms with Crippen molar-refractivity contribution in [1.29, 1.82) is 0 Å². The maximum absolute atomic E-state index is 11.3. The van der Waals surface area contributed by atoms with Gasteiger partial charge in [-0.15, -0.1) is 0 Å². The van der Waals surface area contributed by atoms with Crippen molar-refractivity contribution in [3.8, 4) is 0 Å². The average molecular weight is 193 g/mol. The molecule has 0 bridgehead atoms. The van der Waals surface area contributed by atoms with E-state index < -0.39 is 12.2 Å². The molecule has 1 aromatic rings. The Labute approximate surface area is 81.7 Å². The van der Waals surface area contributed by atoms with Crippen molar-refractivity contribution < 1.29 is 14.6 Å². The first-order valence-corrected chi connectivity index (χ1v) is 4.45. The topological polar surface area (TPSA) is 49.8 Å². The van der Waals surface area contributed by atoms with Gasteiger partial charge >= 0.3 is 6.09 Å². The first kappa shape index (κ1) is 9.02. The van der Waals surface area contributed by atoms with Crippen molar-refractivity contribution in [3.63, 3.8) is 0 Å². The molecule has 1 amide bonds. The second-order valence-corrected chi connectivity index (χ2v) is 3.13. The number of ether oxygens (including phenoxy) is 1. The normalized spacial score (nSPS) is 21.1. The molecule has 1 fully saturated rings. The summed E-state index contributed by atoms with van der Waals surface area (Å²) < 4.78 is 4.91. The number of carbonyl (C=O) groups excluding carboxylic acids is 1. The highest BCUT2D eigenvalue weighted by Crippen LogP contribution is 2.20. The van der Waals surface area contributed by atoms with Crippen LogP contribution in [0.1, 0.15) is 0 Å². The van der Waals surface area contributed by atoms with Crippen molar-refractivity contribution in [2.45, 2.75) is 6.10 Å². The lowest BCUT2D eigenvalue weighted by atomic mass is 10.3. The second kappa shape index (κ2) is 3.67. The van der Waals surface area contributed by atoms with Crippen LogP contribution in [0, 0.1) is 0 Å². The van der Waals surface area contributed by atoms with Gasteiger partial charge in [0.2, 0.25) is 0 Å². The van der Waals surface area contributed by atoms with E-state index in [1.54, 1.807) is 0 Å². The molecule has 4 heteroatoms. The molecular weight excluding hydrogens is 182 g/mol. The van der Waals surface area contributed by atoms with Crippen LogP contribution >= 0.6 is 0 Å². The van der Waals surface area contributed by atoms with Gasteiger partial charge in [-0.1, -0.05) is 18.2 Å². The third-order valence-corrected chi connectivity index (χ3v) is 2.15. The minimum Gasteiger partial charge on any atom is -0.441 e. The van der Waals surface area contributed by atoms with Gasteiger partial charge in [0.25, 0.3) is 0 Å². The summed E-state index contributed by atoms with van der Waals surface area (Å²) in [5.74, 6) is 0. The largest absolute Gasteiger partial charge is 0.441 e. The van der Waals surface area contributed by atoms with E-state index in [2.05, 4.69) is 0 Å². The van der Waals surface area contributed by atoms with E-state index in [9.17, 15) is 4.79 Å². The Bertz CT molecular complexity index is 325. The van der Waals surface area contributed by atoms with E-state index in [0.717, 1.165) is 5.69 Å². The summed E-state index contributed by atoms with van der Waals surface area (Å²) in [6, 6.07) is 9.26. The molecule has 2 rings (SSSR count). The Hall–Kier alpha value is -1.55. The molecule has 0 aliphatic carbocycles. The summed E-state index contributed by atoms with van der Waals surface area (Å²) in [6.07, 6.45) is -0.794. The minimum atomic E-state index is -0.400. The summed E-state index contributed by atoms with van der Waals surface area (Å²) in [6.45, 7) is 0.286. The van der Waals surface area contributed by atoms with Crippen LogP contribution in [-0.2, 0) is 4.74 Å². The lowest BCUT2D eigenvalue weighted by molar-refractivity contribution is 0.0963. The van der Waals surface area contributed by atoms with Crippen molar-refractivity contribution >= 4 is 11.8 Å². The standard InChI is InChI=1S/C10H11NO3/c12-7-9-6-11(10(13)14-9)8-4-2-1-3-5-8/h1-5,9,12H,6-7H2/t9-/m0/s1. The molecule has 1 N–H and O–H groups in total. The molecule has 1 aliphatic rings. The van der Waals surface area contributed by atoms with E-state index in [-0.39, 0.29) is 6.61 Å². The maximum atomic E-state index is 11.3. The smallest absolute Gasteiger partial charge is 0.414 e. The summed E-state index contributed by atoms with van der Waals surface area (Å²) in [5, 5.41) is 8.84. The molecule has 1 aromatic carbocycles. The number of aliphatic hydroxyl groups is 1. The zero-order valence-electron chi connectivity index (χ0n) is 7.59. The van der Waals surface area contributed by atoms with Crippen LogP contribution in [0.15, 0.2) is 30.3 Å². The van der Waals surface area contributed by atoms with Crippen LogP contribution in [0.5, 0.6) is 0 Å². The number of carbonyl (C=O) groups is 1. The molecule has 1 heterocycles. The molecule has 4 nitrogen and oxygen atoms in total. The molecule has 0 unspecified atom stereocenters. The first-order chi connectivity index (χ1) is 6.81. The molecule has 14 heavy (non-hydrogen) atoms. The fourth-order valence-corrected chi connectivity index (χ4v) is 1.44. The zero-order chi connectivity index (χ0) is 9.97. The summed E-state index contributed by atoms with van der Waals surface area (Å²) >= 11 is 0. The summed E-state index contributed by atoms with van der Waals surface area (Å²) in [7, 11) is 0. The summed E-state index contributed by atoms with van der Waals surface area (Å²) in [4.78, 5) is 12.9. The average Bonchev–Trinajstić information content (AvgIpc) is 2.61. The summed E-state index contributed by atoms with van der Waals surface area (Å²) in [5.41, 5.74) is 0.799. The van der Waals surface area contributed by atoms with E-state index in [4.69, 9.17) is 9.84 Å². The number of para-hydroxylation sites is 1.